The van der Waals surface area contributed by atoms with E-state index in [0.717, 1.165) is 32.6 Å². The standard InChI is InChI=1S/C11H21NO2S/c1-8(2)10(15)11(13)12-5-3-9-4-6-14-7-9/h8-10,15H,3-7H2,1-2H3,(H,12,13). The number of carbonyl (C=O) groups excluding carboxylic acids is 1. The van der Waals surface area contributed by atoms with Crippen molar-refractivity contribution >= 4 is 18.5 Å². The van der Waals surface area contributed by atoms with Crippen LogP contribution in [-0.2, 0) is 9.53 Å². The zero-order valence-corrected chi connectivity index (χ0v) is 10.4. The Balaban J connectivity index is 2.11. The number of thiol groups is 1. The molecule has 0 bridgehead atoms. The fourth-order valence-corrected chi connectivity index (χ4v) is 1.71. The molecule has 2 unspecified atom stereocenters. The summed E-state index contributed by atoms with van der Waals surface area (Å²) < 4.78 is 5.27. The molecule has 0 radical (unpaired) electrons. The molecule has 0 aromatic carbocycles. The first-order valence-electron chi connectivity index (χ1n) is 5.64. The summed E-state index contributed by atoms with van der Waals surface area (Å²) in [6, 6.07) is 0. The number of amides is 1. The minimum absolute atomic E-state index is 0.0484. The van der Waals surface area contributed by atoms with Crippen LogP contribution >= 0.6 is 12.6 Å². The number of nitrogens with one attached hydrogen (secondary N) is 1. The van der Waals surface area contributed by atoms with E-state index in [1.54, 1.807) is 0 Å². The third-order valence-corrected chi connectivity index (χ3v) is 3.61. The molecule has 1 rings (SSSR count). The molecule has 4 heteroatoms. The summed E-state index contributed by atoms with van der Waals surface area (Å²) in [5, 5.41) is 2.73. The first-order chi connectivity index (χ1) is 7.11. The second-order valence-electron chi connectivity index (χ2n) is 4.50. The summed E-state index contributed by atoms with van der Waals surface area (Å²) in [5.41, 5.74) is 0. The maximum absolute atomic E-state index is 11.5. The van der Waals surface area contributed by atoms with Crippen molar-refractivity contribution in [1.29, 1.82) is 0 Å². The van der Waals surface area contributed by atoms with Gasteiger partial charge in [-0.05, 0) is 24.7 Å². The van der Waals surface area contributed by atoms with Gasteiger partial charge in [-0.2, -0.15) is 12.6 Å². The van der Waals surface area contributed by atoms with Crippen LogP contribution in [-0.4, -0.2) is 30.9 Å². The molecule has 1 heterocycles. The highest BCUT2D eigenvalue weighted by atomic mass is 32.1. The lowest BCUT2D eigenvalue weighted by Crippen LogP contribution is -2.35. The van der Waals surface area contributed by atoms with Gasteiger partial charge >= 0.3 is 0 Å². The molecule has 1 aliphatic rings. The zero-order valence-electron chi connectivity index (χ0n) is 9.53. The first-order valence-corrected chi connectivity index (χ1v) is 6.16. The van der Waals surface area contributed by atoms with Gasteiger partial charge < -0.3 is 10.1 Å². The van der Waals surface area contributed by atoms with Crippen molar-refractivity contribution in [2.75, 3.05) is 19.8 Å². The fourth-order valence-electron chi connectivity index (χ4n) is 1.62. The molecule has 0 aromatic rings. The molecule has 15 heavy (non-hydrogen) atoms. The number of hydrogen-bond acceptors (Lipinski definition) is 3. The molecule has 1 saturated heterocycles. The molecule has 1 N–H and O–H groups in total. The predicted molar refractivity (Wildman–Crippen MR) is 64.2 cm³/mol. The lowest BCUT2D eigenvalue weighted by Gasteiger charge is -2.15. The van der Waals surface area contributed by atoms with Crippen molar-refractivity contribution in [3.05, 3.63) is 0 Å². The maximum atomic E-state index is 11.5. The summed E-state index contributed by atoms with van der Waals surface area (Å²) in [6.45, 7) is 6.48. The largest absolute Gasteiger partial charge is 0.381 e. The maximum Gasteiger partial charge on any atom is 0.233 e. The van der Waals surface area contributed by atoms with Crippen molar-refractivity contribution in [3.63, 3.8) is 0 Å². The Kier molecular flexibility index (Phi) is 5.47. The van der Waals surface area contributed by atoms with Crippen LogP contribution < -0.4 is 5.32 Å². The lowest BCUT2D eigenvalue weighted by molar-refractivity contribution is -0.121. The summed E-state index contributed by atoms with van der Waals surface area (Å²) in [4.78, 5) is 11.5. The lowest BCUT2D eigenvalue weighted by atomic mass is 10.1. The highest BCUT2D eigenvalue weighted by molar-refractivity contribution is 7.81. The average Bonchev–Trinajstić information content (AvgIpc) is 2.69. The number of rotatable bonds is 5. The van der Waals surface area contributed by atoms with Crippen LogP contribution in [0.3, 0.4) is 0 Å². The van der Waals surface area contributed by atoms with E-state index in [9.17, 15) is 4.79 Å². The van der Waals surface area contributed by atoms with E-state index in [2.05, 4.69) is 17.9 Å². The predicted octanol–water partition coefficient (Wildman–Crippen LogP) is 1.48. The smallest absolute Gasteiger partial charge is 0.233 e. The highest BCUT2D eigenvalue weighted by Gasteiger charge is 2.19. The van der Waals surface area contributed by atoms with Crippen LogP contribution in [0, 0.1) is 11.8 Å². The van der Waals surface area contributed by atoms with E-state index < -0.39 is 0 Å². The molecule has 1 aliphatic heterocycles. The van der Waals surface area contributed by atoms with Gasteiger partial charge in [-0.3, -0.25) is 4.79 Å². The normalized spacial score (nSPS) is 23.1. The number of hydrogen-bond donors (Lipinski definition) is 2. The molecule has 0 aromatic heterocycles. The molecule has 0 aliphatic carbocycles. The molecule has 0 spiro atoms. The van der Waals surface area contributed by atoms with Gasteiger partial charge in [0.25, 0.3) is 0 Å². The van der Waals surface area contributed by atoms with Crippen molar-refractivity contribution in [3.8, 4) is 0 Å². The Morgan fingerprint density at radius 1 is 1.60 bits per heavy atom. The minimum Gasteiger partial charge on any atom is -0.381 e. The van der Waals surface area contributed by atoms with Crippen molar-refractivity contribution < 1.29 is 9.53 Å². The summed E-state index contributed by atoms with van der Waals surface area (Å²) in [6.07, 6.45) is 2.15. The third-order valence-electron chi connectivity index (χ3n) is 2.78. The van der Waals surface area contributed by atoms with E-state index in [1.807, 2.05) is 13.8 Å². The number of ether oxygens (including phenoxy) is 1. The minimum atomic E-state index is -0.190. The molecule has 1 amide bonds. The van der Waals surface area contributed by atoms with E-state index in [4.69, 9.17) is 4.74 Å². The quantitative estimate of drug-likeness (QED) is 0.704. The van der Waals surface area contributed by atoms with E-state index in [-0.39, 0.29) is 17.1 Å². The Hall–Kier alpha value is -0.220. The number of carbonyl (C=O) groups is 1. The fraction of sp³-hybridized carbons (Fsp3) is 0.909. The Morgan fingerprint density at radius 3 is 2.87 bits per heavy atom. The zero-order chi connectivity index (χ0) is 11.3. The SMILES string of the molecule is CC(C)C(S)C(=O)NCCC1CCOC1. The van der Waals surface area contributed by atoms with Gasteiger partial charge in [-0.1, -0.05) is 13.8 Å². The van der Waals surface area contributed by atoms with Gasteiger partial charge in [0.05, 0.1) is 5.25 Å². The first kappa shape index (κ1) is 12.8. The summed E-state index contributed by atoms with van der Waals surface area (Å²) in [7, 11) is 0. The van der Waals surface area contributed by atoms with E-state index in [1.165, 1.54) is 0 Å². The van der Waals surface area contributed by atoms with Gasteiger partial charge in [-0.25, -0.2) is 0 Å². The highest BCUT2D eigenvalue weighted by Crippen LogP contribution is 2.15. The van der Waals surface area contributed by atoms with E-state index >= 15 is 0 Å². The molecule has 3 nitrogen and oxygen atoms in total. The second kappa shape index (κ2) is 6.38. The van der Waals surface area contributed by atoms with E-state index in [0.29, 0.717) is 5.92 Å². The molecule has 88 valence electrons. The Bertz CT molecular complexity index is 203. The van der Waals surface area contributed by atoms with Crippen LogP contribution in [0.5, 0.6) is 0 Å². The summed E-state index contributed by atoms with van der Waals surface area (Å²) in [5.74, 6) is 0.957. The van der Waals surface area contributed by atoms with Crippen LogP contribution in [0.25, 0.3) is 0 Å². The van der Waals surface area contributed by atoms with Crippen LogP contribution in [0.2, 0.25) is 0 Å². The van der Waals surface area contributed by atoms with Crippen molar-refractivity contribution in [2.24, 2.45) is 11.8 Å². The molecular weight excluding hydrogens is 210 g/mol. The topological polar surface area (TPSA) is 38.3 Å². The van der Waals surface area contributed by atoms with Crippen LogP contribution in [0.1, 0.15) is 26.7 Å². The van der Waals surface area contributed by atoms with Crippen LogP contribution in [0.4, 0.5) is 0 Å². The molecule has 2 atom stereocenters. The van der Waals surface area contributed by atoms with Crippen molar-refractivity contribution in [2.45, 2.75) is 31.9 Å². The average molecular weight is 231 g/mol. The Morgan fingerprint density at radius 2 is 2.33 bits per heavy atom. The molecule has 0 saturated carbocycles. The van der Waals surface area contributed by atoms with Gasteiger partial charge in [0.2, 0.25) is 5.91 Å². The van der Waals surface area contributed by atoms with Crippen LogP contribution in [0.15, 0.2) is 0 Å². The van der Waals surface area contributed by atoms with Crippen molar-refractivity contribution in [1.82, 2.24) is 5.32 Å². The monoisotopic (exact) mass is 231 g/mol. The molecule has 1 fully saturated rings. The van der Waals surface area contributed by atoms with Gasteiger partial charge in [0, 0.05) is 19.8 Å². The van der Waals surface area contributed by atoms with Gasteiger partial charge in [0.1, 0.15) is 0 Å². The second-order valence-corrected chi connectivity index (χ2v) is 5.05. The summed E-state index contributed by atoms with van der Waals surface area (Å²) >= 11 is 4.27. The molecular formula is C11H21NO2S. The van der Waals surface area contributed by atoms with Gasteiger partial charge in [0.15, 0.2) is 0 Å². The third kappa shape index (κ3) is 4.43. The van der Waals surface area contributed by atoms with Gasteiger partial charge in [-0.15, -0.1) is 0 Å². The Labute approximate surface area is 97.4 Å².